The lowest BCUT2D eigenvalue weighted by Gasteiger charge is -2.23. The Kier molecular flexibility index (Phi) is 3.51. The minimum Gasteiger partial charge on any atom is -0.207 e. The van der Waals surface area contributed by atoms with E-state index in [0.29, 0.717) is 0 Å². The molecule has 0 spiro atoms. The highest BCUT2D eigenvalue weighted by atomic mass is 19.1. The molecular formula is C17H19F. The molecule has 0 nitrogen and oxygen atoms in total. The van der Waals surface area contributed by atoms with Gasteiger partial charge in [0.2, 0.25) is 0 Å². The molecule has 0 unspecified atom stereocenters. The zero-order valence-electron chi connectivity index (χ0n) is 11.2. The third-order valence-corrected chi connectivity index (χ3v) is 3.73. The number of hydrogen-bond donors (Lipinski definition) is 0. The first kappa shape index (κ1) is 12.8. The molecule has 0 saturated heterocycles. The molecule has 18 heavy (non-hydrogen) atoms. The summed E-state index contributed by atoms with van der Waals surface area (Å²) in [4.78, 5) is 0. The van der Waals surface area contributed by atoms with Gasteiger partial charge in [-0.1, -0.05) is 57.2 Å². The van der Waals surface area contributed by atoms with Gasteiger partial charge in [-0.3, -0.25) is 0 Å². The molecule has 2 aromatic carbocycles. The fourth-order valence-electron chi connectivity index (χ4n) is 1.96. The fourth-order valence-corrected chi connectivity index (χ4v) is 1.96. The molecule has 1 heteroatoms. The monoisotopic (exact) mass is 242 g/mol. The highest BCUT2D eigenvalue weighted by molar-refractivity contribution is 5.63. The molecule has 0 bridgehead atoms. The van der Waals surface area contributed by atoms with Crippen LogP contribution in [0, 0.1) is 5.82 Å². The van der Waals surface area contributed by atoms with Crippen LogP contribution < -0.4 is 0 Å². The zero-order valence-corrected chi connectivity index (χ0v) is 11.2. The molecule has 2 rings (SSSR count). The van der Waals surface area contributed by atoms with Crippen LogP contribution >= 0.6 is 0 Å². The highest BCUT2D eigenvalue weighted by Crippen LogP contribution is 2.29. The van der Waals surface area contributed by atoms with Gasteiger partial charge < -0.3 is 0 Å². The summed E-state index contributed by atoms with van der Waals surface area (Å²) >= 11 is 0. The van der Waals surface area contributed by atoms with E-state index in [1.165, 1.54) is 17.7 Å². The van der Waals surface area contributed by atoms with Gasteiger partial charge in [0.25, 0.3) is 0 Å². The van der Waals surface area contributed by atoms with E-state index in [4.69, 9.17) is 0 Å². The third kappa shape index (κ3) is 2.61. The van der Waals surface area contributed by atoms with Gasteiger partial charge in [-0.05, 0) is 40.7 Å². The Bertz CT molecular complexity index is 506. The molecule has 0 aliphatic carbocycles. The summed E-state index contributed by atoms with van der Waals surface area (Å²) in [5.41, 5.74) is 3.74. The van der Waals surface area contributed by atoms with E-state index in [2.05, 4.69) is 45.0 Å². The Morgan fingerprint density at radius 1 is 0.833 bits per heavy atom. The second-order valence-corrected chi connectivity index (χ2v) is 5.32. The summed E-state index contributed by atoms with van der Waals surface area (Å²) in [5, 5.41) is 0. The maximum atomic E-state index is 12.9. The zero-order chi connectivity index (χ0) is 13.2. The maximum Gasteiger partial charge on any atom is 0.123 e. The topological polar surface area (TPSA) is 0 Å². The molecule has 0 heterocycles. The van der Waals surface area contributed by atoms with Gasteiger partial charge in [0, 0.05) is 0 Å². The van der Waals surface area contributed by atoms with Gasteiger partial charge in [0.1, 0.15) is 5.82 Å². The molecule has 0 aliphatic rings. The van der Waals surface area contributed by atoms with Crippen LogP contribution in [0.5, 0.6) is 0 Å². The minimum absolute atomic E-state index is 0.192. The van der Waals surface area contributed by atoms with Crippen molar-refractivity contribution in [3.8, 4) is 11.1 Å². The van der Waals surface area contributed by atoms with E-state index in [0.717, 1.165) is 17.5 Å². The standard InChI is InChI=1S/C17H19F/c1-4-17(2,3)15-9-5-13(6-10-15)14-7-11-16(18)12-8-14/h5-12H,4H2,1-3H3. The van der Waals surface area contributed by atoms with Gasteiger partial charge in [0.05, 0.1) is 0 Å². The van der Waals surface area contributed by atoms with Crippen molar-refractivity contribution in [3.63, 3.8) is 0 Å². The van der Waals surface area contributed by atoms with E-state index < -0.39 is 0 Å². The first-order valence-corrected chi connectivity index (χ1v) is 6.39. The van der Waals surface area contributed by atoms with Crippen LogP contribution in [-0.2, 0) is 5.41 Å². The Labute approximate surface area is 108 Å². The van der Waals surface area contributed by atoms with Gasteiger partial charge in [-0.25, -0.2) is 4.39 Å². The molecule has 0 aromatic heterocycles. The highest BCUT2D eigenvalue weighted by Gasteiger charge is 2.17. The van der Waals surface area contributed by atoms with Crippen molar-refractivity contribution in [1.29, 1.82) is 0 Å². The van der Waals surface area contributed by atoms with Crippen molar-refractivity contribution in [1.82, 2.24) is 0 Å². The van der Waals surface area contributed by atoms with E-state index in [9.17, 15) is 4.39 Å². The molecule has 0 aliphatic heterocycles. The molecule has 0 radical (unpaired) electrons. The molecule has 0 N–H and O–H groups in total. The second kappa shape index (κ2) is 4.93. The number of rotatable bonds is 3. The molecule has 2 aromatic rings. The minimum atomic E-state index is -0.192. The lowest BCUT2D eigenvalue weighted by molar-refractivity contribution is 0.506. The quantitative estimate of drug-likeness (QED) is 0.695. The van der Waals surface area contributed by atoms with Crippen molar-refractivity contribution in [3.05, 3.63) is 59.9 Å². The van der Waals surface area contributed by atoms with Gasteiger partial charge in [0.15, 0.2) is 0 Å². The van der Waals surface area contributed by atoms with E-state index in [1.54, 1.807) is 0 Å². The summed E-state index contributed by atoms with van der Waals surface area (Å²) in [7, 11) is 0. The predicted molar refractivity (Wildman–Crippen MR) is 75.2 cm³/mol. The molecule has 94 valence electrons. The largest absolute Gasteiger partial charge is 0.207 e. The van der Waals surface area contributed by atoms with Crippen LogP contribution in [-0.4, -0.2) is 0 Å². The lowest BCUT2D eigenvalue weighted by Crippen LogP contribution is -2.14. The van der Waals surface area contributed by atoms with Crippen LogP contribution in [0.2, 0.25) is 0 Å². The van der Waals surface area contributed by atoms with Crippen molar-refractivity contribution < 1.29 is 4.39 Å². The fraction of sp³-hybridized carbons (Fsp3) is 0.294. The summed E-state index contributed by atoms with van der Waals surface area (Å²) in [6.07, 6.45) is 1.11. The van der Waals surface area contributed by atoms with Crippen LogP contribution in [0.3, 0.4) is 0 Å². The predicted octanol–water partition coefficient (Wildman–Crippen LogP) is 5.18. The summed E-state index contributed by atoms with van der Waals surface area (Å²) in [6, 6.07) is 15.2. The van der Waals surface area contributed by atoms with Crippen molar-refractivity contribution >= 4 is 0 Å². The van der Waals surface area contributed by atoms with Crippen molar-refractivity contribution in [2.75, 3.05) is 0 Å². The Morgan fingerprint density at radius 2 is 1.28 bits per heavy atom. The Morgan fingerprint density at radius 3 is 1.72 bits per heavy atom. The van der Waals surface area contributed by atoms with E-state index in [1.807, 2.05) is 12.1 Å². The van der Waals surface area contributed by atoms with Crippen molar-refractivity contribution in [2.24, 2.45) is 0 Å². The molecule has 0 amide bonds. The van der Waals surface area contributed by atoms with Crippen LogP contribution in [0.1, 0.15) is 32.8 Å². The summed E-state index contributed by atoms with van der Waals surface area (Å²) < 4.78 is 12.9. The SMILES string of the molecule is CCC(C)(C)c1ccc(-c2ccc(F)cc2)cc1. The van der Waals surface area contributed by atoms with Crippen LogP contribution in [0.4, 0.5) is 4.39 Å². The van der Waals surface area contributed by atoms with Gasteiger partial charge >= 0.3 is 0 Å². The number of hydrogen-bond acceptors (Lipinski definition) is 0. The van der Waals surface area contributed by atoms with Crippen LogP contribution in [0.25, 0.3) is 11.1 Å². The Hall–Kier alpha value is -1.63. The summed E-state index contributed by atoms with van der Waals surface area (Å²) in [5.74, 6) is -0.192. The second-order valence-electron chi connectivity index (χ2n) is 5.32. The molecule has 0 atom stereocenters. The summed E-state index contributed by atoms with van der Waals surface area (Å²) in [6.45, 7) is 6.70. The number of benzene rings is 2. The normalized spacial score (nSPS) is 11.6. The van der Waals surface area contributed by atoms with E-state index in [-0.39, 0.29) is 11.2 Å². The lowest BCUT2D eigenvalue weighted by atomic mass is 9.82. The van der Waals surface area contributed by atoms with E-state index >= 15 is 0 Å². The van der Waals surface area contributed by atoms with Gasteiger partial charge in [-0.2, -0.15) is 0 Å². The number of halogens is 1. The van der Waals surface area contributed by atoms with Crippen LogP contribution in [0.15, 0.2) is 48.5 Å². The Balaban J connectivity index is 2.30. The first-order valence-electron chi connectivity index (χ1n) is 6.39. The molecule has 0 saturated carbocycles. The molecular weight excluding hydrogens is 223 g/mol. The van der Waals surface area contributed by atoms with Crippen molar-refractivity contribution in [2.45, 2.75) is 32.6 Å². The average molecular weight is 242 g/mol. The smallest absolute Gasteiger partial charge is 0.123 e. The first-order chi connectivity index (χ1) is 8.53. The molecule has 0 fully saturated rings. The maximum absolute atomic E-state index is 12.9. The van der Waals surface area contributed by atoms with Gasteiger partial charge in [-0.15, -0.1) is 0 Å². The average Bonchev–Trinajstić information content (AvgIpc) is 2.40. The third-order valence-electron chi connectivity index (χ3n) is 3.73.